The van der Waals surface area contributed by atoms with E-state index in [4.69, 9.17) is 9.47 Å². The van der Waals surface area contributed by atoms with Gasteiger partial charge >= 0.3 is 0 Å². The van der Waals surface area contributed by atoms with Crippen LogP contribution in [0.2, 0.25) is 0 Å². The van der Waals surface area contributed by atoms with Crippen LogP contribution in [0.3, 0.4) is 0 Å². The molecule has 1 aromatic carbocycles. The van der Waals surface area contributed by atoms with Crippen LogP contribution in [0.4, 0.5) is 10.2 Å². The zero-order valence-electron chi connectivity index (χ0n) is 14.2. The summed E-state index contributed by atoms with van der Waals surface area (Å²) >= 11 is 1.65. The summed E-state index contributed by atoms with van der Waals surface area (Å²) in [6, 6.07) is 8.61. The Hall–Kier alpha value is -2.09. The zero-order valence-corrected chi connectivity index (χ0v) is 15.0. The van der Waals surface area contributed by atoms with E-state index < -0.39 is 5.79 Å². The second kappa shape index (κ2) is 6.26. The van der Waals surface area contributed by atoms with Gasteiger partial charge in [0, 0.05) is 30.8 Å². The van der Waals surface area contributed by atoms with E-state index in [1.807, 2.05) is 6.07 Å². The van der Waals surface area contributed by atoms with Crippen LogP contribution >= 0.6 is 11.3 Å². The third-order valence-electron chi connectivity index (χ3n) is 5.06. The number of hydrogen-bond acceptors (Lipinski definition) is 6. The monoisotopic (exact) mass is 371 g/mol. The van der Waals surface area contributed by atoms with Crippen molar-refractivity contribution in [1.82, 2.24) is 9.97 Å². The van der Waals surface area contributed by atoms with Crippen LogP contribution in [0.5, 0.6) is 0 Å². The van der Waals surface area contributed by atoms with Crippen molar-refractivity contribution >= 4 is 27.4 Å². The Labute approximate surface area is 154 Å². The topological polar surface area (TPSA) is 47.5 Å². The Morgan fingerprint density at radius 2 is 1.77 bits per heavy atom. The Balaban J connectivity index is 1.46. The number of piperidine rings is 1. The summed E-state index contributed by atoms with van der Waals surface area (Å²) < 4.78 is 25.9. The first-order valence-corrected chi connectivity index (χ1v) is 9.57. The van der Waals surface area contributed by atoms with Gasteiger partial charge in [0.15, 0.2) is 5.79 Å². The number of halogens is 1. The average molecular weight is 371 g/mol. The number of anilines is 1. The summed E-state index contributed by atoms with van der Waals surface area (Å²) in [5, 5.41) is 0. The third-order valence-corrected chi connectivity index (χ3v) is 6.23. The van der Waals surface area contributed by atoms with Crippen molar-refractivity contribution in [3.8, 4) is 10.4 Å². The standard InChI is InChI=1S/C19H18FN3O2S/c20-14-3-1-13(2-4-14)16-11-15-17(26-16)18(22-12-21-15)23-7-5-19(6-8-23)24-9-10-25-19/h1-4,11-12H,5-10H2. The summed E-state index contributed by atoms with van der Waals surface area (Å²) in [5.41, 5.74) is 1.92. The molecule has 134 valence electrons. The summed E-state index contributed by atoms with van der Waals surface area (Å²) in [6.07, 6.45) is 3.30. The van der Waals surface area contributed by atoms with Crippen LogP contribution in [-0.4, -0.2) is 42.1 Å². The van der Waals surface area contributed by atoms with Gasteiger partial charge in [-0.1, -0.05) is 12.1 Å². The lowest BCUT2D eigenvalue weighted by Gasteiger charge is -2.38. The molecular weight excluding hydrogens is 353 g/mol. The van der Waals surface area contributed by atoms with Gasteiger partial charge in [0.05, 0.1) is 23.4 Å². The summed E-state index contributed by atoms with van der Waals surface area (Å²) in [6.45, 7) is 3.05. The van der Waals surface area contributed by atoms with Gasteiger partial charge in [0.1, 0.15) is 18.0 Å². The predicted molar refractivity (Wildman–Crippen MR) is 98.9 cm³/mol. The van der Waals surface area contributed by atoms with E-state index in [-0.39, 0.29) is 5.82 Å². The molecule has 2 aliphatic rings. The van der Waals surface area contributed by atoms with Gasteiger partial charge in [-0.15, -0.1) is 11.3 Å². The van der Waals surface area contributed by atoms with Crippen LogP contribution in [0.1, 0.15) is 12.8 Å². The molecule has 3 aromatic rings. The van der Waals surface area contributed by atoms with Crippen LogP contribution in [-0.2, 0) is 9.47 Å². The smallest absolute Gasteiger partial charge is 0.171 e. The Kier molecular flexibility index (Phi) is 3.88. The fraction of sp³-hybridized carbons (Fsp3) is 0.368. The van der Waals surface area contributed by atoms with Gasteiger partial charge in [-0.2, -0.15) is 0 Å². The number of hydrogen-bond donors (Lipinski definition) is 0. The minimum absolute atomic E-state index is 0.228. The van der Waals surface area contributed by atoms with Crippen molar-refractivity contribution in [2.24, 2.45) is 0 Å². The molecule has 7 heteroatoms. The minimum Gasteiger partial charge on any atom is -0.355 e. The highest BCUT2D eigenvalue weighted by Gasteiger charge is 2.40. The van der Waals surface area contributed by atoms with Crippen molar-refractivity contribution in [2.75, 3.05) is 31.2 Å². The van der Waals surface area contributed by atoms with E-state index in [2.05, 4.69) is 14.9 Å². The van der Waals surface area contributed by atoms with E-state index in [0.29, 0.717) is 13.2 Å². The highest BCUT2D eigenvalue weighted by Crippen LogP contribution is 2.39. The van der Waals surface area contributed by atoms with Gasteiger partial charge in [-0.25, -0.2) is 14.4 Å². The molecular formula is C19H18FN3O2S. The molecule has 0 atom stereocenters. The van der Waals surface area contributed by atoms with E-state index in [9.17, 15) is 4.39 Å². The molecule has 2 fully saturated rings. The molecule has 2 saturated heterocycles. The molecule has 5 rings (SSSR count). The molecule has 1 spiro atoms. The highest BCUT2D eigenvalue weighted by atomic mass is 32.1. The van der Waals surface area contributed by atoms with Crippen LogP contribution in [0.25, 0.3) is 20.7 Å². The number of fused-ring (bicyclic) bond motifs is 1. The molecule has 0 radical (unpaired) electrons. The minimum atomic E-state index is -0.392. The highest BCUT2D eigenvalue weighted by molar-refractivity contribution is 7.22. The maximum Gasteiger partial charge on any atom is 0.171 e. The fourth-order valence-electron chi connectivity index (χ4n) is 3.67. The molecule has 2 aliphatic heterocycles. The van der Waals surface area contributed by atoms with Crippen molar-refractivity contribution < 1.29 is 13.9 Å². The molecule has 0 unspecified atom stereocenters. The maximum absolute atomic E-state index is 13.2. The lowest BCUT2D eigenvalue weighted by Crippen LogP contribution is -2.45. The molecule has 26 heavy (non-hydrogen) atoms. The second-order valence-electron chi connectivity index (χ2n) is 6.62. The van der Waals surface area contributed by atoms with E-state index >= 15 is 0 Å². The first-order valence-electron chi connectivity index (χ1n) is 8.76. The first-order chi connectivity index (χ1) is 12.7. The molecule has 2 aromatic heterocycles. The molecule has 0 amide bonds. The summed E-state index contributed by atoms with van der Waals surface area (Å²) in [4.78, 5) is 12.3. The van der Waals surface area contributed by atoms with Gasteiger partial charge in [-0.3, -0.25) is 0 Å². The molecule has 5 nitrogen and oxygen atoms in total. The molecule has 0 bridgehead atoms. The van der Waals surface area contributed by atoms with E-state index in [1.165, 1.54) is 12.1 Å². The van der Waals surface area contributed by atoms with E-state index in [1.54, 1.807) is 29.8 Å². The van der Waals surface area contributed by atoms with Gasteiger partial charge in [0.25, 0.3) is 0 Å². The molecule has 0 aliphatic carbocycles. The van der Waals surface area contributed by atoms with Crippen LogP contribution in [0, 0.1) is 5.82 Å². The fourth-order valence-corrected chi connectivity index (χ4v) is 4.80. The normalized spacial score (nSPS) is 19.5. The number of thiophene rings is 1. The number of ether oxygens (including phenoxy) is 2. The van der Waals surface area contributed by atoms with Crippen molar-refractivity contribution in [2.45, 2.75) is 18.6 Å². The average Bonchev–Trinajstić information content (AvgIpc) is 3.30. The SMILES string of the molecule is Fc1ccc(-c2cc3ncnc(N4CCC5(CC4)OCCO5)c3s2)cc1. The number of nitrogens with zero attached hydrogens (tertiary/aromatic N) is 3. The van der Waals surface area contributed by atoms with Crippen molar-refractivity contribution in [1.29, 1.82) is 0 Å². The maximum atomic E-state index is 13.2. The van der Waals surface area contributed by atoms with Crippen molar-refractivity contribution in [3.63, 3.8) is 0 Å². The zero-order chi connectivity index (χ0) is 17.6. The number of benzene rings is 1. The Morgan fingerprint density at radius 1 is 1.04 bits per heavy atom. The van der Waals surface area contributed by atoms with E-state index in [0.717, 1.165) is 52.4 Å². The molecule has 0 saturated carbocycles. The Morgan fingerprint density at radius 3 is 2.50 bits per heavy atom. The Bertz CT molecular complexity index is 928. The first kappa shape index (κ1) is 16.1. The largest absolute Gasteiger partial charge is 0.355 e. The lowest BCUT2D eigenvalue weighted by atomic mass is 10.0. The lowest BCUT2D eigenvalue weighted by molar-refractivity contribution is -0.169. The molecule has 0 N–H and O–H groups in total. The van der Waals surface area contributed by atoms with Crippen LogP contribution in [0.15, 0.2) is 36.7 Å². The van der Waals surface area contributed by atoms with Crippen LogP contribution < -0.4 is 4.90 Å². The van der Waals surface area contributed by atoms with Gasteiger partial charge in [0.2, 0.25) is 0 Å². The summed E-state index contributed by atoms with van der Waals surface area (Å²) in [5.74, 6) is 0.340. The third kappa shape index (κ3) is 2.76. The van der Waals surface area contributed by atoms with Gasteiger partial charge in [-0.05, 0) is 23.8 Å². The number of aromatic nitrogens is 2. The predicted octanol–water partition coefficient (Wildman–Crippen LogP) is 3.84. The second-order valence-corrected chi connectivity index (χ2v) is 7.68. The molecule has 4 heterocycles. The van der Waals surface area contributed by atoms with Gasteiger partial charge < -0.3 is 14.4 Å². The quantitative estimate of drug-likeness (QED) is 0.685. The summed E-state index contributed by atoms with van der Waals surface area (Å²) in [7, 11) is 0. The number of rotatable bonds is 2. The van der Waals surface area contributed by atoms with Crippen molar-refractivity contribution in [3.05, 3.63) is 42.5 Å².